The molecule has 16 heavy (non-hydrogen) atoms. The lowest BCUT2D eigenvalue weighted by Gasteiger charge is -2.19. The molecule has 3 rings (SSSR count). The molecule has 0 saturated heterocycles. The molecule has 1 saturated carbocycles. The van der Waals surface area contributed by atoms with Crippen molar-refractivity contribution in [1.29, 1.82) is 0 Å². The third-order valence-corrected chi connectivity index (χ3v) is 3.62. The van der Waals surface area contributed by atoms with Crippen LogP contribution in [0, 0.1) is 0 Å². The highest BCUT2D eigenvalue weighted by atomic mass is 16.5. The molecule has 0 amide bonds. The minimum absolute atomic E-state index is 0.00727. The number of hydrogen-bond donors (Lipinski definition) is 0. The van der Waals surface area contributed by atoms with Crippen LogP contribution in [0.2, 0.25) is 0 Å². The molecular weight excluding hydrogens is 204 g/mol. The number of allylic oxidation sites excluding steroid dienone is 1. The van der Waals surface area contributed by atoms with Crippen LogP contribution in [0.4, 0.5) is 0 Å². The van der Waals surface area contributed by atoms with Gasteiger partial charge in [0.15, 0.2) is 5.78 Å². The van der Waals surface area contributed by atoms with E-state index in [0.29, 0.717) is 12.8 Å². The van der Waals surface area contributed by atoms with Crippen molar-refractivity contribution in [1.82, 2.24) is 0 Å². The third-order valence-electron chi connectivity index (χ3n) is 3.62. The SMILES string of the molecule is O=C1C=C(C2=C3CCCCC3OC2=O)CC1. The van der Waals surface area contributed by atoms with Gasteiger partial charge in [-0.15, -0.1) is 0 Å². The van der Waals surface area contributed by atoms with Gasteiger partial charge in [-0.3, -0.25) is 4.79 Å². The number of carbonyl (C=O) groups is 2. The number of carbonyl (C=O) groups excluding carboxylic acids is 2. The molecule has 1 unspecified atom stereocenters. The Kier molecular flexibility index (Phi) is 2.20. The number of rotatable bonds is 1. The molecular formula is C13H14O3. The van der Waals surface area contributed by atoms with Crippen molar-refractivity contribution in [3.8, 4) is 0 Å². The molecule has 1 fully saturated rings. The number of hydrogen-bond acceptors (Lipinski definition) is 3. The van der Waals surface area contributed by atoms with E-state index in [1.54, 1.807) is 6.08 Å². The van der Waals surface area contributed by atoms with Crippen LogP contribution in [-0.4, -0.2) is 17.9 Å². The number of ketones is 1. The molecule has 0 aromatic heterocycles. The summed E-state index contributed by atoms with van der Waals surface area (Å²) in [6.07, 6.45) is 7.06. The highest BCUT2D eigenvalue weighted by molar-refractivity contribution is 6.02. The molecule has 1 aliphatic heterocycles. The predicted octanol–water partition coefficient (Wildman–Crippen LogP) is 2.07. The number of ether oxygens (including phenoxy) is 1. The molecule has 0 radical (unpaired) electrons. The summed E-state index contributed by atoms with van der Waals surface area (Å²) in [4.78, 5) is 23.0. The Balaban J connectivity index is 2.00. The lowest BCUT2D eigenvalue weighted by atomic mass is 9.88. The van der Waals surface area contributed by atoms with E-state index in [1.807, 2.05) is 0 Å². The van der Waals surface area contributed by atoms with Crippen LogP contribution in [0.25, 0.3) is 0 Å². The fourth-order valence-corrected chi connectivity index (χ4v) is 2.85. The maximum Gasteiger partial charge on any atom is 0.339 e. The molecule has 0 aromatic carbocycles. The van der Waals surface area contributed by atoms with Crippen molar-refractivity contribution in [3.63, 3.8) is 0 Å². The lowest BCUT2D eigenvalue weighted by Crippen LogP contribution is -2.15. The lowest BCUT2D eigenvalue weighted by molar-refractivity contribution is -0.140. The van der Waals surface area contributed by atoms with E-state index in [-0.39, 0.29) is 17.9 Å². The quantitative estimate of drug-likeness (QED) is 0.633. The van der Waals surface area contributed by atoms with Gasteiger partial charge in [-0.25, -0.2) is 4.79 Å². The molecule has 84 valence electrons. The average Bonchev–Trinajstić information content (AvgIpc) is 2.80. The van der Waals surface area contributed by atoms with Crippen LogP contribution in [-0.2, 0) is 14.3 Å². The monoisotopic (exact) mass is 218 g/mol. The van der Waals surface area contributed by atoms with E-state index < -0.39 is 0 Å². The van der Waals surface area contributed by atoms with Gasteiger partial charge < -0.3 is 4.74 Å². The summed E-state index contributed by atoms with van der Waals surface area (Å²) >= 11 is 0. The molecule has 3 nitrogen and oxygen atoms in total. The molecule has 0 aromatic rings. The van der Waals surface area contributed by atoms with Gasteiger partial charge in [0.25, 0.3) is 0 Å². The van der Waals surface area contributed by atoms with E-state index in [9.17, 15) is 9.59 Å². The van der Waals surface area contributed by atoms with Crippen LogP contribution >= 0.6 is 0 Å². The highest BCUT2D eigenvalue weighted by Crippen LogP contribution is 2.39. The first-order valence-electron chi connectivity index (χ1n) is 5.93. The largest absolute Gasteiger partial charge is 0.454 e. The first kappa shape index (κ1) is 9.82. The van der Waals surface area contributed by atoms with Crippen molar-refractivity contribution >= 4 is 11.8 Å². The Morgan fingerprint density at radius 1 is 1.12 bits per heavy atom. The van der Waals surface area contributed by atoms with Crippen LogP contribution < -0.4 is 0 Å². The molecule has 0 spiro atoms. The average molecular weight is 218 g/mol. The summed E-state index contributed by atoms with van der Waals surface area (Å²) in [5.74, 6) is -0.0713. The Labute approximate surface area is 94.2 Å². The second-order valence-electron chi connectivity index (χ2n) is 4.68. The summed E-state index contributed by atoms with van der Waals surface area (Å²) in [5.41, 5.74) is 2.79. The summed E-state index contributed by atoms with van der Waals surface area (Å²) in [6, 6.07) is 0. The van der Waals surface area contributed by atoms with Crippen molar-refractivity contribution in [2.75, 3.05) is 0 Å². The second kappa shape index (κ2) is 3.58. The minimum atomic E-state index is -0.206. The Morgan fingerprint density at radius 2 is 2.00 bits per heavy atom. The van der Waals surface area contributed by atoms with Gasteiger partial charge in [-0.1, -0.05) is 0 Å². The normalized spacial score (nSPS) is 29.2. The highest BCUT2D eigenvalue weighted by Gasteiger charge is 2.37. The molecule has 3 aliphatic rings. The Morgan fingerprint density at radius 3 is 2.75 bits per heavy atom. The predicted molar refractivity (Wildman–Crippen MR) is 57.7 cm³/mol. The van der Waals surface area contributed by atoms with E-state index in [2.05, 4.69) is 0 Å². The van der Waals surface area contributed by atoms with Gasteiger partial charge in [0.1, 0.15) is 6.10 Å². The van der Waals surface area contributed by atoms with Crippen molar-refractivity contribution in [2.24, 2.45) is 0 Å². The van der Waals surface area contributed by atoms with Gasteiger partial charge in [0.2, 0.25) is 0 Å². The van der Waals surface area contributed by atoms with Crippen LogP contribution in [0.1, 0.15) is 38.5 Å². The molecule has 3 heteroatoms. The van der Waals surface area contributed by atoms with Gasteiger partial charge in [-0.05, 0) is 49.3 Å². The smallest absolute Gasteiger partial charge is 0.339 e. The van der Waals surface area contributed by atoms with Gasteiger partial charge in [0, 0.05) is 6.42 Å². The number of fused-ring (bicyclic) bond motifs is 1. The van der Waals surface area contributed by atoms with E-state index in [4.69, 9.17) is 4.74 Å². The van der Waals surface area contributed by atoms with E-state index in [0.717, 1.165) is 42.4 Å². The zero-order valence-corrected chi connectivity index (χ0v) is 9.12. The summed E-state index contributed by atoms with van der Waals surface area (Å²) < 4.78 is 5.36. The zero-order chi connectivity index (χ0) is 11.1. The summed E-state index contributed by atoms with van der Waals surface area (Å²) in [7, 11) is 0. The second-order valence-corrected chi connectivity index (χ2v) is 4.68. The summed E-state index contributed by atoms with van der Waals surface area (Å²) in [5, 5.41) is 0. The number of esters is 1. The van der Waals surface area contributed by atoms with Crippen LogP contribution in [0.5, 0.6) is 0 Å². The minimum Gasteiger partial charge on any atom is -0.454 e. The van der Waals surface area contributed by atoms with Crippen molar-refractivity contribution < 1.29 is 14.3 Å². The molecule has 0 N–H and O–H groups in total. The zero-order valence-electron chi connectivity index (χ0n) is 9.12. The molecule has 1 heterocycles. The fourth-order valence-electron chi connectivity index (χ4n) is 2.85. The Hall–Kier alpha value is -1.38. The maximum atomic E-state index is 11.8. The van der Waals surface area contributed by atoms with Gasteiger partial charge >= 0.3 is 5.97 Å². The molecule has 0 bridgehead atoms. The van der Waals surface area contributed by atoms with Crippen LogP contribution in [0.3, 0.4) is 0 Å². The van der Waals surface area contributed by atoms with Crippen molar-refractivity contribution in [3.05, 3.63) is 22.8 Å². The summed E-state index contributed by atoms with van der Waals surface area (Å²) in [6.45, 7) is 0. The van der Waals surface area contributed by atoms with Crippen LogP contribution in [0.15, 0.2) is 22.8 Å². The first-order chi connectivity index (χ1) is 7.75. The van der Waals surface area contributed by atoms with Gasteiger partial charge in [-0.2, -0.15) is 0 Å². The topological polar surface area (TPSA) is 43.4 Å². The third kappa shape index (κ3) is 1.42. The fraction of sp³-hybridized carbons (Fsp3) is 0.538. The molecule has 1 atom stereocenters. The maximum absolute atomic E-state index is 11.8. The van der Waals surface area contributed by atoms with Gasteiger partial charge in [0.05, 0.1) is 5.57 Å². The standard InChI is InChI=1S/C13H14O3/c14-9-6-5-8(7-9)12-10-3-1-2-4-11(10)16-13(12)15/h7,11H,1-6H2. The Bertz CT molecular complexity index is 428. The van der Waals surface area contributed by atoms with Crippen molar-refractivity contribution in [2.45, 2.75) is 44.6 Å². The van der Waals surface area contributed by atoms with E-state index >= 15 is 0 Å². The van der Waals surface area contributed by atoms with E-state index in [1.165, 1.54) is 0 Å². The molecule has 2 aliphatic carbocycles. The first-order valence-corrected chi connectivity index (χ1v) is 5.93.